The second-order valence-corrected chi connectivity index (χ2v) is 5.05. The molecule has 1 fully saturated rings. The SMILES string of the molecule is CC1CCC(=O)N1CC(C)(C)CS. The highest BCUT2D eigenvalue weighted by Gasteiger charge is 2.31. The smallest absolute Gasteiger partial charge is 0.222 e. The van der Waals surface area contributed by atoms with Gasteiger partial charge in [-0.1, -0.05) is 13.8 Å². The zero-order valence-corrected chi connectivity index (χ0v) is 9.60. The van der Waals surface area contributed by atoms with Gasteiger partial charge in [-0.15, -0.1) is 0 Å². The summed E-state index contributed by atoms with van der Waals surface area (Å²) in [6, 6.07) is 0.423. The molecule has 0 aromatic rings. The monoisotopic (exact) mass is 201 g/mol. The van der Waals surface area contributed by atoms with Gasteiger partial charge in [0.15, 0.2) is 0 Å². The zero-order chi connectivity index (χ0) is 10.1. The number of nitrogens with zero attached hydrogens (tertiary/aromatic N) is 1. The summed E-state index contributed by atoms with van der Waals surface area (Å²) >= 11 is 4.30. The highest BCUT2D eigenvalue weighted by atomic mass is 32.1. The summed E-state index contributed by atoms with van der Waals surface area (Å²) in [6.07, 6.45) is 1.74. The summed E-state index contributed by atoms with van der Waals surface area (Å²) in [5.41, 5.74) is 0.136. The summed E-state index contributed by atoms with van der Waals surface area (Å²) in [4.78, 5) is 13.5. The first-order chi connectivity index (χ1) is 5.96. The van der Waals surface area contributed by atoms with Gasteiger partial charge in [-0.05, 0) is 24.5 Å². The molecule has 3 heteroatoms. The minimum atomic E-state index is 0.136. The summed E-state index contributed by atoms with van der Waals surface area (Å²) in [7, 11) is 0. The van der Waals surface area contributed by atoms with Gasteiger partial charge in [0.25, 0.3) is 0 Å². The number of thiol groups is 1. The molecule has 0 N–H and O–H groups in total. The molecule has 1 unspecified atom stereocenters. The second kappa shape index (κ2) is 3.91. The summed E-state index contributed by atoms with van der Waals surface area (Å²) in [6.45, 7) is 7.27. The largest absolute Gasteiger partial charge is 0.339 e. The number of hydrogen-bond acceptors (Lipinski definition) is 2. The molecule has 1 amide bonds. The van der Waals surface area contributed by atoms with Crippen molar-refractivity contribution < 1.29 is 4.79 Å². The van der Waals surface area contributed by atoms with Crippen LogP contribution in [-0.4, -0.2) is 29.1 Å². The number of hydrogen-bond donors (Lipinski definition) is 1. The van der Waals surface area contributed by atoms with Crippen LogP contribution in [0.25, 0.3) is 0 Å². The predicted octanol–water partition coefficient (Wildman–Crippen LogP) is 1.95. The van der Waals surface area contributed by atoms with Crippen molar-refractivity contribution in [2.45, 2.75) is 39.7 Å². The lowest BCUT2D eigenvalue weighted by Crippen LogP contribution is -2.39. The molecule has 1 rings (SSSR count). The number of likely N-dealkylation sites (tertiary alicyclic amines) is 1. The third-order valence-electron chi connectivity index (χ3n) is 2.65. The average molecular weight is 201 g/mol. The van der Waals surface area contributed by atoms with Crippen LogP contribution in [0.3, 0.4) is 0 Å². The van der Waals surface area contributed by atoms with Gasteiger partial charge >= 0.3 is 0 Å². The molecule has 76 valence electrons. The van der Waals surface area contributed by atoms with Crippen molar-refractivity contribution in [3.05, 3.63) is 0 Å². The summed E-state index contributed by atoms with van der Waals surface area (Å²) < 4.78 is 0. The lowest BCUT2D eigenvalue weighted by atomic mass is 9.95. The van der Waals surface area contributed by atoms with Crippen molar-refractivity contribution in [1.29, 1.82) is 0 Å². The van der Waals surface area contributed by atoms with E-state index in [0.717, 1.165) is 25.1 Å². The van der Waals surface area contributed by atoms with Crippen molar-refractivity contribution in [3.63, 3.8) is 0 Å². The van der Waals surface area contributed by atoms with Crippen LogP contribution in [-0.2, 0) is 4.79 Å². The van der Waals surface area contributed by atoms with Gasteiger partial charge in [-0.25, -0.2) is 0 Å². The lowest BCUT2D eigenvalue weighted by molar-refractivity contribution is -0.129. The van der Waals surface area contributed by atoms with Crippen molar-refractivity contribution in [2.75, 3.05) is 12.3 Å². The van der Waals surface area contributed by atoms with Gasteiger partial charge in [-0.3, -0.25) is 4.79 Å². The molecule has 0 aliphatic carbocycles. The van der Waals surface area contributed by atoms with Gasteiger partial charge in [0.2, 0.25) is 5.91 Å². The van der Waals surface area contributed by atoms with Gasteiger partial charge in [0.05, 0.1) is 0 Å². The quantitative estimate of drug-likeness (QED) is 0.692. The predicted molar refractivity (Wildman–Crippen MR) is 58.0 cm³/mol. The van der Waals surface area contributed by atoms with Gasteiger partial charge < -0.3 is 4.90 Å². The van der Waals surface area contributed by atoms with Crippen LogP contribution in [0, 0.1) is 5.41 Å². The molecule has 0 radical (unpaired) electrons. The van der Waals surface area contributed by atoms with Crippen LogP contribution in [0.2, 0.25) is 0 Å². The van der Waals surface area contributed by atoms with E-state index >= 15 is 0 Å². The van der Waals surface area contributed by atoms with E-state index in [-0.39, 0.29) is 5.41 Å². The first kappa shape index (κ1) is 10.9. The number of amides is 1. The van der Waals surface area contributed by atoms with E-state index in [0.29, 0.717) is 11.9 Å². The Kier molecular flexibility index (Phi) is 3.28. The van der Waals surface area contributed by atoms with E-state index in [4.69, 9.17) is 0 Å². The summed E-state index contributed by atoms with van der Waals surface area (Å²) in [5.74, 6) is 1.13. The van der Waals surface area contributed by atoms with Crippen molar-refractivity contribution in [1.82, 2.24) is 4.90 Å². The summed E-state index contributed by atoms with van der Waals surface area (Å²) in [5, 5.41) is 0. The van der Waals surface area contributed by atoms with E-state index in [1.165, 1.54) is 0 Å². The Morgan fingerprint density at radius 2 is 2.23 bits per heavy atom. The van der Waals surface area contributed by atoms with Crippen molar-refractivity contribution >= 4 is 18.5 Å². The van der Waals surface area contributed by atoms with E-state index in [1.807, 2.05) is 4.90 Å². The Labute approximate surface area is 86.1 Å². The van der Waals surface area contributed by atoms with Crippen LogP contribution in [0.1, 0.15) is 33.6 Å². The standard InChI is InChI=1S/C10H19NOS/c1-8-4-5-9(12)11(8)6-10(2,3)7-13/h8,13H,4-7H2,1-3H3. The molecule has 13 heavy (non-hydrogen) atoms. The molecule has 1 aliphatic rings. The van der Waals surface area contributed by atoms with E-state index in [2.05, 4.69) is 33.4 Å². The van der Waals surface area contributed by atoms with Gasteiger partial charge in [-0.2, -0.15) is 12.6 Å². The van der Waals surface area contributed by atoms with E-state index < -0.39 is 0 Å². The minimum Gasteiger partial charge on any atom is -0.339 e. The van der Waals surface area contributed by atoms with E-state index in [9.17, 15) is 4.79 Å². The molecular weight excluding hydrogens is 182 g/mol. The van der Waals surface area contributed by atoms with Crippen LogP contribution >= 0.6 is 12.6 Å². The fraction of sp³-hybridized carbons (Fsp3) is 0.900. The molecule has 1 aliphatic heterocycles. The number of carbonyl (C=O) groups excluding carboxylic acids is 1. The molecule has 0 spiro atoms. The maximum atomic E-state index is 11.5. The second-order valence-electron chi connectivity index (χ2n) is 4.73. The fourth-order valence-corrected chi connectivity index (χ4v) is 1.73. The molecule has 0 aromatic carbocycles. The Hall–Kier alpha value is -0.180. The van der Waals surface area contributed by atoms with Gasteiger partial charge in [0, 0.05) is 19.0 Å². The van der Waals surface area contributed by atoms with Crippen molar-refractivity contribution in [3.8, 4) is 0 Å². The molecular formula is C10H19NOS. The third-order valence-corrected chi connectivity index (χ3v) is 3.51. The maximum absolute atomic E-state index is 11.5. The Morgan fingerprint density at radius 3 is 2.62 bits per heavy atom. The number of carbonyl (C=O) groups is 1. The molecule has 0 saturated carbocycles. The van der Waals surface area contributed by atoms with Gasteiger partial charge in [0.1, 0.15) is 0 Å². The van der Waals surface area contributed by atoms with Crippen LogP contribution < -0.4 is 0 Å². The van der Waals surface area contributed by atoms with Crippen LogP contribution in [0.5, 0.6) is 0 Å². The molecule has 2 nitrogen and oxygen atoms in total. The fourth-order valence-electron chi connectivity index (χ4n) is 1.63. The normalized spacial score (nSPS) is 24.2. The highest BCUT2D eigenvalue weighted by molar-refractivity contribution is 7.80. The molecule has 1 atom stereocenters. The zero-order valence-electron chi connectivity index (χ0n) is 8.71. The number of rotatable bonds is 3. The average Bonchev–Trinajstić information content (AvgIpc) is 2.36. The first-order valence-corrected chi connectivity index (χ1v) is 5.50. The van der Waals surface area contributed by atoms with Crippen LogP contribution in [0.4, 0.5) is 0 Å². The Balaban J connectivity index is 2.57. The Morgan fingerprint density at radius 1 is 1.62 bits per heavy atom. The molecule has 0 bridgehead atoms. The van der Waals surface area contributed by atoms with Crippen LogP contribution in [0.15, 0.2) is 0 Å². The Bertz CT molecular complexity index is 203. The topological polar surface area (TPSA) is 20.3 Å². The van der Waals surface area contributed by atoms with Crippen molar-refractivity contribution in [2.24, 2.45) is 5.41 Å². The van der Waals surface area contributed by atoms with E-state index in [1.54, 1.807) is 0 Å². The third kappa shape index (κ3) is 2.63. The highest BCUT2D eigenvalue weighted by Crippen LogP contribution is 2.25. The molecule has 1 saturated heterocycles. The first-order valence-electron chi connectivity index (χ1n) is 4.86. The minimum absolute atomic E-state index is 0.136. The lowest BCUT2D eigenvalue weighted by Gasteiger charge is -2.31. The molecule has 0 aromatic heterocycles. The maximum Gasteiger partial charge on any atom is 0.222 e. The molecule has 1 heterocycles.